The predicted octanol–water partition coefficient (Wildman–Crippen LogP) is 3.93. The van der Waals surface area contributed by atoms with Crippen LogP contribution in [0.1, 0.15) is 36.7 Å². The lowest BCUT2D eigenvalue weighted by Crippen LogP contribution is -2.02. The Balaban J connectivity index is 2.51. The van der Waals surface area contributed by atoms with Crippen LogP contribution in [-0.4, -0.2) is 15.0 Å². The fraction of sp³-hybridized carbons (Fsp3) is 0.357. The molecule has 0 N–H and O–H groups in total. The van der Waals surface area contributed by atoms with Gasteiger partial charge < -0.3 is 0 Å². The first-order chi connectivity index (χ1) is 8.49. The third kappa shape index (κ3) is 2.51. The molecule has 0 aromatic carbocycles. The van der Waals surface area contributed by atoms with E-state index in [1.807, 2.05) is 26.0 Å². The van der Waals surface area contributed by atoms with Gasteiger partial charge in [0.25, 0.3) is 0 Å². The summed E-state index contributed by atoms with van der Waals surface area (Å²) >= 11 is 6.24. The van der Waals surface area contributed by atoms with Gasteiger partial charge in [0.2, 0.25) is 0 Å². The smallest absolute Gasteiger partial charge is 0.162 e. The molecule has 0 unspecified atom stereocenters. The quantitative estimate of drug-likeness (QED) is 0.769. The Kier molecular flexibility index (Phi) is 3.62. The van der Waals surface area contributed by atoms with Crippen LogP contribution in [0.15, 0.2) is 18.3 Å². The lowest BCUT2D eigenvalue weighted by molar-refractivity contribution is 0.831. The van der Waals surface area contributed by atoms with Crippen LogP contribution in [0.5, 0.6) is 0 Å². The normalized spacial score (nSPS) is 11.0. The van der Waals surface area contributed by atoms with Gasteiger partial charge in [-0.1, -0.05) is 25.4 Å². The third-order valence-corrected chi connectivity index (χ3v) is 3.12. The SMILES string of the molecule is Cc1ccc(-c2nc(C)c(C(C)C)c(Cl)n2)cn1. The van der Waals surface area contributed by atoms with E-state index in [4.69, 9.17) is 11.6 Å². The Bertz CT molecular complexity index is 539. The monoisotopic (exact) mass is 261 g/mol. The van der Waals surface area contributed by atoms with Crippen molar-refractivity contribution < 1.29 is 0 Å². The molecule has 2 heterocycles. The second kappa shape index (κ2) is 5.02. The maximum atomic E-state index is 6.24. The molecule has 4 heteroatoms. The molecule has 2 aromatic rings. The average molecular weight is 262 g/mol. The molecule has 2 rings (SSSR count). The number of hydrogen-bond donors (Lipinski definition) is 0. The molecule has 0 saturated heterocycles. The van der Waals surface area contributed by atoms with E-state index in [0.717, 1.165) is 22.5 Å². The van der Waals surface area contributed by atoms with Crippen LogP contribution in [0.2, 0.25) is 5.15 Å². The summed E-state index contributed by atoms with van der Waals surface area (Å²) in [5, 5.41) is 0.535. The minimum Gasteiger partial charge on any atom is -0.261 e. The Morgan fingerprint density at radius 3 is 2.33 bits per heavy atom. The number of nitrogens with zero attached hydrogens (tertiary/aromatic N) is 3. The van der Waals surface area contributed by atoms with Crippen LogP contribution in [0.3, 0.4) is 0 Å². The maximum Gasteiger partial charge on any atom is 0.162 e. The van der Waals surface area contributed by atoms with Crippen LogP contribution in [0.4, 0.5) is 0 Å². The van der Waals surface area contributed by atoms with Crippen LogP contribution < -0.4 is 0 Å². The van der Waals surface area contributed by atoms with Crippen molar-refractivity contribution in [3.63, 3.8) is 0 Å². The molecule has 0 radical (unpaired) electrons. The van der Waals surface area contributed by atoms with Gasteiger partial charge in [0.15, 0.2) is 5.82 Å². The molecule has 2 aromatic heterocycles. The van der Waals surface area contributed by atoms with Crippen LogP contribution in [0, 0.1) is 13.8 Å². The zero-order valence-electron chi connectivity index (χ0n) is 11.0. The zero-order valence-corrected chi connectivity index (χ0v) is 11.8. The molecule has 0 aliphatic rings. The van der Waals surface area contributed by atoms with Crippen molar-refractivity contribution in [2.24, 2.45) is 0 Å². The third-order valence-electron chi connectivity index (χ3n) is 2.84. The summed E-state index contributed by atoms with van der Waals surface area (Å²) in [5.74, 6) is 0.956. The van der Waals surface area contributed by atoms with Crippen LogP contribution in [-0.2, 0) is 0 Å². The first kappa shape index (κ1) is 13.0. The van der Waals surface area contributed by atoms with Gasteiger partial charge in [-0.25, -0.2) is 9.97 Å². The molecular weight excluding hydrogens is 246 g/mol. The second-order valence-corrected chi connectivity index (χ2v) is 5.04. The molecule has 94 valence electrons. The molecule has 0 fully saturated rings. The number of pyridine rings is 1. The lowest BCUT2D eigenvalue weighted by Gasteiger charge is -2.12. The Hall–Kier alpha value is -1.48. The molecule has 0 amide bonds. The van der Waals surface area contributed by atoms with Crippen molar-refractivity contribution >= 4 is 11.6 Å². The molecule has 0 aliphatic carbocycles. The fourth-order valence-electron chi connectivity index (χ4n) is 1.93. The van der Waals surface area contributed by atoms with E-state index in [9.17, 15) is 0 Å². The molecule has 0 saturated carbocycles. The van der Waals surface area contributed by atoms with Gasteiger partial charge in [-0.2, -0.15) is 0 Å². The molecule has 0 bridgehead atoms. The standard InChI is InChI=1S/C14H16ClN3/c1-8(2)12-10(4)17-14(18-13(12)15)11-6-5-9(3)16-7-11/h5-8H,1-4H3. The lowest BCUT2D eigenvalue weighted by atomic mass is 10.0. The summed E-state index contributed by atoms with van der Waals surface area (Å²) in [6.45, 7) is 8.09. The van der Waals surface area contributed by atoms with E-state index in [-0.39, 0.29) is 0 Å². The Morgan fingerprint density at radius 2 is 1.83 bits per heavy atom. The second-order valence-electron chi connectivity index (χ2n) is 4.68. The van der Waals surface area contributed by atoms with Crippen molar-refractivity contribution in [2.45, 2.75) is 33.6 Å². The topological polar surface area (TPSA) is 38.7 Å². The molecule has 0 atom stereocenters. The predicted molar refractivity (Wildman–Crippen MR) is 73.8 cm³/mol. The van der Waals surface area contributed by atoms with Crippen LogP contribution in [0.25, 0.3) is 11.4 Å². The minimum absolute atomic E-state index is 0.322. The molecule has 0 spiro atoms. The molecule has 0 aliphatic heterocycles. The largest absolute Gasteiger partial charge is 0.261 e. The van der Waals surface area contributed by atoms with E-state index in [0.29, 0.717) is 16.9 Å². The van der Waals surface area contributed by atoms with E-state index < -0.39 is 0 Å². The van der Waals surface area contributed by atoms with Gasteiger partial charge in [0.1, 0.15) is 5.15 Å². The number of hydrogen-bond acceptors (Lipinski definition) is 3. The maximum absolute atomic E-state index is 6.24. The summed E-state index contributed by atoms with van der Waals surface area (Å²) < 4.78 is 0. The van der Waals surface area contributed by atoms with Gasteiger partial charge in [-0.15, -0.1) is 0 Å². The fourth-order valence-corrected chi connectivity index (χ4v) is 2.37. The summed E-state index contributed by atoms with van der Waals surface area (Å²) in [4.78, 5) is 13.1. The highest BCUT2D eigenvalue weighted by atomic mass is 35.5. The van der Waals surface area contributed by atoms with Gasteiger partial charge in [0.05, 0.1) is 0 Å². The van der Waals surface area contributed by atoms with Crippen molar-refractivity contribution in [3.05, 3.63) is 40.4 Å². The van der Waals surface area contributed by atoms with Crippen molar-refractivity contribution in [1.29, 1.82) is 0 Å². The summed E-state index contributed by atoms with van der Waals surface area (Å²) in [6, 6.07) is 3.90. The van der Waals surface area contributed by atoms with Crippen molar-refractivity contribution in [3.8, 4) is 11.4 Å². The highest BCUT2D eigenvalue weighted by Crippen LogP contribution is 2.27. The first-order valence-corrected chi connectivity index (χ1v) is 6.34. The van der Waals surface area contributed by atoms with Crippen LogP contribution >= 0.6 is 11.6 Å². The molecule has 3 nitrogen and oxygen atoms in total. The van der Waals surface area contributed by atoms with Crippen molar-refractivity contribution in [2.75, 3.05) is 0 Å². The zero-order chi connectivity index (χ0) is 13.3. The van der Waals surface area contributed by atoms with Gasteiger partial charge in [-0.05, 0) is 31.9 Å². The number of rotatable bonds is 2. The Morgan fingerprint density at radius 1 is 1.11 bits per heavy atom. The number of aromatic nitrogens is 3. The Labute approximate surface area is 112 Å². The number of halogens is 1. The average Bonchev–Trinajstić information content (AvgIpc) is 2.28. The highest BCUT2D eigenvalue weighted by molar-refractivity contribution is 6.30. The summed E-state index contributed by atoms with van der Waals surface area (Å²) in [6.07, 6.45) is 1.77. The molecule has 18 heavy (non-hydrogen) atoms. The highest BCUT2D eigenvalue weighted by Gasteiger charge is 2.14. The van der Waals surface area contributed by atoms with Crippen molar-refractivity contribution in [1.82, 2.24) is 15.0 Å². The van der Waals surface area contributed by atoms with E-state index in [1.54, 1.807) is 6.20 Å². The van der Waals surface area contributed by atoms with Gasteiger partial charge in [-0.3, -0.25) is 4.98 Å². The minimum atomic E-state index is 0.322. The van der Waals surface area contributed by atoms with E-state index in [2.05, 4.69) is 28.8 Å². The van der Waals surface area contributed by atoms with E-state index in [1.165, 1.54) is 0 Å². The molecular formula is C14H16ClN3. The van der Waals surface area contributed by atoms with Gasteiger partial charge in [0, 0.05) is 28.7 Å². The number of aryl methyl sites for hydroxylation is 2. The summed E-state index contributed by atoms with van der Waals surface area (Å²) in [7, 11) is 0. The summed E-state index contributed by atoms with van der Waals surface area (Å²) in [5.41, 5.74) is 3.81. The van der Waals surface area contributed by atoms with Gasteiger partial charge >= 0.3 is 0 Å². The first-order valence-electron chi connectivity index (χ1n) is 5.96. The van der Waals surface area contributed by atoms with E-state index >= 15 is 0 Å².